The van der Waals surface area contributed by atoms with E-state index in [2.05, 4.69) is 5.32 Å². The molecule has 0 spiro atoms. The molecule has 0 aromatic heterocycles. The summed E-state index contributed by atoms with van der Waals surface area (Å²) in [7, 11) is 0. The second-order valence-corrected chi connectivity index (χ2v) is 5.03. The third-order valence-corrected chi connectivity index (χ3v) is 3.54. The monoisotopic (exact) mass is 272 g/mol. The van der Waals surface area contributed by atoms with Crippen LogP contribution in [-0.2, 0) is 4.79 Å². The van der Waals surface area contributed by atoms with Gasteiger partial charge >= 0.3 is 0 Å². The lowest BCUT2D eigenvalue weighted by Gasteiger charge is -2.26. The molecule has 5 nitrogen and oxygen atoms in total. The number of piperidine rings is 1. The smallest absolute Gasteiger partial charge is 0.224 e. The van der Waals surface area contributed by atoms with E-state index in [9.17, 15) is 4.79 Å². The Labute approximate surface area is 119 Å². The van der Waals surface area contributed by atoms with Crippen LogP contribution in [0.25, 0.3) is 0 Å². The van der Waals surface area contributed by atoms with E-state index in [0.29, 0.717) is 24.2 Å². The van der Waals surface area contributed by atoms with Crippen molar-refractivity contribution in [2.24, 2.45) is 0 Å². The molecule has 0 atom stereocenters. The SMILES string of the molecule is N#Cc1ccc(NCCC(=O)N2CCCCC2)c(N)c1. The Balaban J connectivity index is 1.80. The van der Waals surface area contributed by atoms with E-state index in [1.165, 1.54) is 6.42 Å². The van der Waals surface area contributed by atoms with Crippen LogP contribution >= 0.6 is 0 Å². The van der Waals surface area contributed by atoms with E-state index >= 15 is 0 Å². The van der Waals surface area contributed by atoms with Gasteiger partial charge in [-0.1, -0.05) is 0 Å². The largest absolute Gasteiger partial charge is 0.397 e. The average molecular weight is 272 g/mol. The fourth-order valence-electron chi connectivity index (χ4n) is 2.40. The van der Waals surface area contributed by atoms with Gasteiger partial charge in [-0.05, 0) is 37.5 Å². The molecule has 0 radical (unpaired) electrons. The van der Waals surface area contributed by atoms with Gasteiger partial charge in [0, 0.05) is 26.1 Å². The number of carbonyl (C=O) groups is 1. The van der Waals surface area contributed by atoms with Gasteiger partial charge in [0.2, 0.25) is 5.91 Å². The van der Waals surface area contributed by atoms with Crippen LogP contribution < -0.4 is 11.1 Å². The highest BCUT2D eigenvalue weighted by Gasteiger charge is 2.15. The fourth-order valence-corrected chi connectivity index (χ4v) is 2.40. The number of hydrogen-bond donors (Lipinski definition) is 2. The first-order valence-corrected chi connectivity index (χ1v) is 7.02. The predicted octanol–water partition coefficient (Wildman–Crippen LogP) is 1.95. The molecule has 1 aromatic carbocycles. The van der Waals surface area contributed by atoms with Gasteiger partial charge in [-0.3, -0.25) is 4.79 Å². The standard InChI is InChI=1S/C15H20N4O/c16-11-12-4-5-14(13(17)10-12)18-7-6-15(20)19-8-2-1-3-9-19/h4-5,10,18H,1-3,6-9,17H2. The van der Waals surface area contributed by atoms with Crippen LogP contribution in [0.4, 0.5) is 11.4 Å². The van der Waals surface area contributed by atoms with Gasteiger partial charge in [-0.25, -0.2) is 0 Å². The highest BCUT2D eigenvalue weighted by atomic mass is 16.2. The van der Waals surface area contributed by atoms with E-state index in [1.54, 1.807) is 18.2 Å². The van der Waals surface area contributed by atoms with Crippen molar-refractivity contribution >= 4 is 17.3 Å². The molecular weight excluding hydrogens is 252 g/mol. The molecule has 3 N–H and O–H groups in total. The van der Waals surface area contributed by atoms with Crippen molar-refractivity contribution in [1.29, 1.82) is 5.26 Å². The number of nitrogens with zero attached hydrogens (tertiary/aromatic N) is 2. The average Bonchev–Trinajstić information content (AvgIpc) is 2.49. The van der Waals surface area contributed by atoms with E-state index in [-0.39, 0.29) is 5.91 Å². The highest BCUT2D eigenvalue weighted by molar-refractivity contribution is 5.77. The number of nitrogens with one attached hydrogen (secondary N) is 1. The molecule has 20 heavy (non-hydrogen) atoms. The second kappa shape index (κ2) is 6.80. The summed E-state index contributed by atoms with van der Waals surface area (Å²) in [5.74, 6) is 0.199. The van der Waals surface area contributed by atoms with Crippen LogP contribution in [-0.4, -0.2) is 30.4 Å². The third-order valence-electron chi connectivity index (χ3n) is 3.54. The maximum absolute atomic E-state index is 12.0. The number of benzene rings is 1. The first-order valence-electron chi connectivity index (χ1n) is 7.02. The number of anilines is 2. The number of likely N-dealkylation sites (tertiary alicyclic amines) is 1. The quantitative estimate of drug-likeness (QED) is 0.821. The van der Waals surface area contributed by atoms with Gasteiger partial charge in [0.25, 0.3) is 0 Å². The van der Waals surface area contributed by atoms with Crippen molar-refractivity contribution in [2.75, 3.05) is 30.7 Å². The summed E-state index contributed by atoms with van der Waals surface area (Å²) in [6.07, 6.45) is 3.92. The number of amides is 1. The van der Waals surface area contributed by atoms with Crippen LogP contribution in [0.1, 0.15) is 31.2 Å². The molecule has 0 unspecified atom stereocenters. The van der Waals surface area contributed by atoms with Crippen molar-refractivity contribution < 1.29 is 4.79 Å². The molecule has 5 heteroatoms. The summed E-state index contributed by atoms with van der Waals surface area (Å²) >= 11 is 0. The lowest BCUT2D eigenvalue weighted by Crippen LogP contribution is -2.36. The number of nitrogen functional groups attached to an aromatic ring is 1. The Morgan fingerprint density at radius 2 is 2.10 bits per heavy atom. The summed E-state index contributed by atoms with van der Waals surface area (Å²) in [6, 6.07) is 7.17. The lowest BCUT2D eigenvalue weighted by molar-refractivity contribution is -0.131. The Morgan fingerprint density at radius 1 is 1.35 bits per heavy atom. The highest BCUT2D eigenvalue weighted by Crippen LogP contribution is 2.19. The van der Waals surface area contributed by atoms with E-state index in [4.69, 9.17) is 11.0 Å². The number of nitrogens with two attached hydrogens (primary N) is 1. The zero-order valence-corrected chi connectivity index (χ0v) is 11.6. The molecule has 2 rings (SSSR count). The van der Waals surface area contributed by atoms with Gasteiger partial charge in [-0.15, -0.1) is 0 Å². The Kier molecular flexibility index (Phi) is 4.83. The molecule has 1 fully saturated rings. The normalized spacial score (nSPS) is 14.7. The Hall–Kier alpha value is -2.22. The minimum absolute atomic E-state index is 0.199. The third kappa shape index (κ3) is 3.64. The predicted molar refractivity (Wildman–Crippen MR) is 79.1 cm³/mol. The number of hydrogen-bond acceptors (Lipinski definition) is 4. The van der Waals surface area contributed by atoms with E-state index < -0.39 is 0 Å². The molecule has 0 aliphatic carbocycles. The Morgan fingerprint density at radius 3 is 2.75 bits per heavy atom. The number of carbonyl (C=O) groups excluding carboxylic acids is 1. The van der Waals surface area contributed by atoms with Crippen molar-refractivity contribution in [3.63, 3.8) is 0 Å². The molecule has 1 aromatic rings. The van der Waals surface area contributed by atoms with Gasteiger partial charge in [0.05, 0.1) is 23.0 Å². The first-order chi connectivity index (χ1) is 9.70. The molecule has 106 valence electrons. The zero-order valence-electron chi connectivity index (χ0n) is 11.6. The van der Waals surface area contributed by atoms with Crippen molar-refractivity contribution in [3.05, 3.63) is 23.8 Å². The number of nitriles is 1. The summed E-state index contributed by atoms with van der Waals surface area (Å²) < 4.78 is 0. The van der Waals surface area contributed by atoms with Crippen LogP contribution in [0.3, 0.4) is 0 Å². The molecule has 1 heterocycles. The number of rotatable bonds is 4. The summed E-state index contributed by atoms with van der Waals surface area (Å²) in [5, 5.41) is 11.9. The molecule has 1 aliphatic rings. The topological polar surface area (TPSA) is 82.2 Å². The maximum Gasteiger partial charge on any atom is 0.224 e. The molecule has 1 amide bonds. The molecular formula is C15H20N4O. The zero-order chi connectivity index (χ0) is 14.4. The van der Waals surface area contributed by atoms with Crippen molar-refractivity contribution in [3.8, 4) is 6.07 Å². The van der Waals surface area contributed by atoms with Crippen LogP contribution in [0.2, 0.25) is 0 Å². The second-order valence-electron chi connectivity index (χ2n) is 5.03. The van der Waals surface area contributed by atoms with Crippen molar-refractivity contribution in [1.82, 2.24) is 4.90 Å². The van der Waals surface area contributed by atoms with Gasteiger partial charge < -0.3 is 16.0 Å². The van der Waals surface area contributed by atoms with Gasteiger partial charge in [0.1, 0.15) is 0 Å². The van der Waals surface area contributed by atoms with Crippen LogP contribution in [0.5, 0.6) is 0 Å². The van der Waals surface area contributed by atoms with Crippen LogP contribution in [0, 0.1) is 11.3 Å². The summed E-state index contributed by atoms with van der Waals surface area (Å²) in [6.45, 7) is 2.33. The summed E-state index contributed by atoms with van der Waals surface area (Å²) in [5.41, 5.74) is 7.70. The van der Waals surface area contributed by atoms with Gasteiger partial charge in [0.15, 0.2) is 0 Å². The fraction of sp³-hybridized carbons (Fsp3) is 0.467. The van der Waals surface area contributed by atoms with E-state index in [1.807, 2.05) is 11.0 Å². The molecule has 0 bridgehead atoms. The maximum atomic E-state index is 12.0. The minimum atomic E-state index is 0.199. The molecule has 1 aliphatic heterocycles. The molecule has 0 saturated carbocycles. The summed E-state index contributed by atoms with van der Waals surface area (Å²) in [4.78, 5) is 13.9. The van der Waals surface area contributed by atoms with Gasteiger partial charge in [-0.2, -0.15) is 5.26 Å². The van der Waals surface area contributed by atoms with Crippen molar-refractivity contribution in [2.45, 2.75) is 25.7 Å². The molecule has 1 saturated heterocycles. The van der Waals surface area contributed by atoms with Crippen LogP contribution in [0.15, 0.2) is 18.2 Å². The lowest BCUT2D eigenvalue weighted by atomic mass is 10.1. The Bertz CT molecular complexity index is 515. The first kappa shape index (κ1) is 14.2. The van der Waals surface area contributed by atoms with E-state index in [0.717, 1.165) is 31.6 Å². The minimum Gasteiger partial charge on any atom is -0.397 e.